The first kappa shape index (κ1) is 13.7. The molecule has 1 rings (SSSR count). The molecule has 0 unspecified atom stereocenters. The highest BCUT2D eigenvalue weighted by Crippen LogP contribution is 2.08. The predicted octanol–water partition coefficient (Wildman–Crippen LogP) is 2.93. The lowest BCUT2D eigenvalue weighted by molar-refractivity contribution is 0.300. The molecule has 0 radical (unpaired) electrons. The number of hydrogen-bond acceptors (Lipinski definition) is 3. The smallest absolute Gasteiger partial charge is 0.213 e. The van der Waals surface area contributed by atoms with E-state index < -0.39 is 0 Å². The molecule has 0 bridgehead atoms. The number of aromatic nitrogens is 1. The Morgan fingerprint density at radius 3 is 3.00 bits per heavy atom. The maximum atomic E-state index is 5.51. The molecule has 1 N–H and O–H groups in total. The van der Waals surface area contributed by atoms with E-state index >= 15 is 0 Å². The Hall–Kier alpha value is -1.35. The molecule has 1 aromatic rings. The van der Waals surface area contributed by atoms with Crippen molar-refractivity contribution in [2.24, 2.45) is 0 Å². The van der Waals surface area contributed by atoms with Crippen LogP contribution < -0.4 is 10.1 Å². The van der Waals surface area contributed by atoms with Crippen LogP contribution >= 0.6 is 0 Å². The molecule has 0 spiro atoms. The summed E-state index contributed by atoms with van der Waals surface area (Å²) in [7, 11) is 0. The van der Waals surface area contributed by atoms with Gasteiger partial charge in [-0.2, -0.15) is 0 Å². The fraction of sp³-hybridized carbons (Fsp3) is 0.500. The van der Waals surface area contributed by atoms with Gasteiger partial charge in [-0.25, -0.2) is 4.98 Å². The summed E-state index contributed by atoms with van der Waals surface area (Å²) in [6.45, 7) is 8.45. The SMILES string of the molecule is C=CCCCOc1ccc(CNCCC)cn1. The standard InChI is InChI=1S/C14H22N2O/c1-3-5-6-10-17-14-8-7-13(12-16-14)11-15-9-4-2/h3,7-8,12,15H,1,4-6,9-11H2,2H3. The van der Waals surface area contributed by atoms with E-state index in [2.05, 4.69) is 29.9 Å². The van der Waals surface area contributed by atoms with E-state index in [0.717, 1.165) is 32.4 Å². The molecule has 0 aliphatic heterocycles. The molecule has 1 aromatic heterocycles. The molecular weight excluding hydrogens is 212 g/mol. The van der Waals surface area contributed by atoms with Crippen molar-refractivity contribution in [3.63, 3.8) is 0 Å². The molecular formula is C14H22N2O. The monoisotopic (exact) mass is 234 g/mol. The van der Waals surface area contributed by atoms with Crippen LogP contribution in [0.3, 0.4) is 0 Å². The third-order valence-corrected chi connectivity index (χ3v) is 2.36. The Morgan fingerprint density at radius 1 is 1.47 bits per heavy atom. The van der Waals surface area contributed by atoms with Crippen LogP contribution in [0.4, 0.5) is 0 Å². The Morgan fingerprint density at radius 2 is 2.35 bits per heavy atom. The van der Waals surface area contributed by atoms with E-state index in [-0.39, 0.29) is 0 Å². The van der Waals surface area contributed by atoms with E-state index in [4.69, 9.17) is 4.74 Å². The Bertz CT molecular complexity index is 309. The van der Waals surface area contributed by atoms with Crippen molar-refractivity contribution in [2.45, 2.75) is 32.7 Å². The maximum Gasteiger partial charge on any atom is 0.213 e. The summed E-state index contributed by atoms with van der Waals surface area (Å²) in [5.74, 6) is 0.702. The van der Waals surface area contributed by atoms with Crippen molar-refractivity contribution in [3.8, 4) is 5.88 Å². The van der Waals surface area contributed by atoms with Crippen LogP contribution in [-0.2, 0) is 6.54 Å². The highest BCUT2D eigenvalue weighted by atomic mass is 16.5. The van der Waals surface area contributed by atoms with Gasteiger partial charge in [0.2, 0.25) is 5.88 Å². The lowest BCUT2D eigenvalue weighted by Crippen LogP contribution is -2.13. The summed E-state index contributed by atoms with van der Waals surface area (Å²) < 4.78 is 5.51. The van der Waals surface area contributed by atoms with E-state index in [9.17, 15) is 0 Å². The number of rotatable bonds is 9. The topological polar surface area (TPSA) is 34.1 Å². The molecule has 3 nitrogen and oxygen atoms in total. The average Bonchev–Trinajstić information content (AvgIpc) is 2.37. The second kappa shape index (κ2) is 8.76. The Balaban J connectivity index is 2.26. The van der Waals surface area contributed by atoms with Gasteiger partial charge in [-0.05, 0) is 31.4 Å². The van der Waals surface area contributed by atoms with Crippen LogP contribution in [0.5, 0.6) is 5.88 Å². The van der Waals surface area contributed by atoms with Gasteiger partial charge < -0.3 is 10.1 Å². The molecule has 0 aliphatic carbocycles. The van der Waals surface area contributed by atoms with Crippen molar-refractivity contribution in [1.29, 1.82) is 0 Å². The first-order valence-corrected chi connectivity index (χ1v) is 6.26. The van der Waals surface area contributed by atoms with Gasteiger partial charge >= 0.3 is 0 Å². The molecule has 0 saturated carbocycles. The highest BCUT2D eigenvalue weighted by molar-refractivity contribution is 5.17. The molecule has 17 heavy (non-hydrogen) atoms. The minimum Gasteiger partial charge on any atom is -0.478 e. The van der Waals surface area contributed by atoms with Crippen molar-refractivity contribution in [3.05, 3.63) is 36.5 Å². The zero-order chi connectivity index (χ0) is 12.3. The summed E-state index contributed by atoms with van der Waals surface area (Å²) in [5, 5.41) is 3.34. The van der Waals surface area contributed by atoms with Gasteiger partial charge in [-0.15, -0.1) is 6.58 Å². The molecule has 0 saturated heterocycles. The molecule has 0 aliphatic rings. The lowest BCUT2D eigenvalue weighted by atomic mass is 10.3. The number of ether oxygens (including phenoxy) is 1. The highest BCUT2D eigenvalue weighted by Gasteiger charge is 1.96. The normalized spacial score (nSPS) is 10.2. The number of nitrogens with zero attached hydrogens (tertiary/aromatic N) is 1. The van der Waals surface area contributed by atoms with Gasteiger partial charge in [0.05, 0.1) is 6.61 Å². The summed E-state index contributed by atoms with van der Waals surface area (Å²) >= 11 is 0. The van der Waals surface area contributed by atoms with Crippen LogP contribution in [0.1, 0.15) is 31.7 Å². The van der Waals surface area contributed by atoms with Crippen molar-refractivity contribution in [2.75, 3.05) is 13.2 Å². The van der Waals surface area contributed by atoms with Crippen LogP contribution in [0.2, 0.25) is 0 Å². The van der Waals surface area contributed by atoms with Crippen molar-refractivity contribution >= 4 is 0 Å². The molecule has 0 atom stereocenters. The fourth-order valence-corrected chi connectivity index (χ4v) is 1.41. The average molecular weight is 234 g/mol. The van der Waals surface area contributed by atoms with Gasteiger partial charge in [0.25, 0.3) is 0 Å². The predicted molar refractivity (Wildman–Crippen MR) is 71.2 cm³/mol. The largest absolute Gasteiger partial charge is 0.478 e. The van der Waals surface area contributed by atoms with Gasteiger partial charge in [0, 0.05) is 18.8 Å². The first-order valence-electron chi connectivity index (χ1n) is 6.26. The van der Waals surface area contributed by atoms with Crippen molar-refractivity contribution < 1.29 is 4.74 Å². The maximum absolute atomic E-state index is 5.51. The van der Waals surface area contributed by atoms with E-state index in [1.54, 1.807) is 0 Å². The van der Waals surface area contributed by atoms with E-state index in [1.165, 1.54) is 5.56 Å². The Kier molecular flexibility index (Phi) is 7.07. The molecule has 94 valence electrons. The van der Waals surface area contributed by atoms with E-state index in [0.29, 0.717) is 12.5 Å². The zero-order valence-corrected chi connectivity index (χ0v) is 10.6. The molecule has 0 fully saturated rings. The molecule has 3 heteroatoms. The Labute approximate surface area is 104 Å². The molecule has 0 amide bonds. The number of allylic oxidation sites excluding steroid dienone is 1. The quantitative estimate of drug-likeness (QED) is 0.527. The minimum absolute atomic E-state index is 0.701. The summed E-state index contributed by atoms with van der Waals surface area (Å²) in [6, 6.07) is 3.98. The van der Waals surface area contributed by atoms with Gasteiger partial charge in [0.15, 0.2) is 0 Å². The molecule has 1 heterocycles. The number of hydrogen-bond donors (Lipinski definition) is 1. The fourth-order valence-electron chi connectivity index (χ4n) is 1.41. The summed E-state index contributed by atoms with van der Waals surface area (Å²) in [4.78, 5) is 4.27. The van der Waals surface area contributed by atoms with Gasteiger partial charge in [-0.3, -0.25) is 0 Å². The minimum atomic E-state index is 0.701. The lowest BCUT2D eigenvalue weighted by Gasteiger charge is -2.06. The van der Waals surface area contributed by atoms with E-state index in [1.807, 2.05) is 18.3 Å². The van der Waals surface area contributed by atoms with Crippen LogP contribution in [0.25, 0.3) is 0 Å². The number of nitrogens with one attached hydrogen (secondary N) is 1. The van der Waals surface area contributed by atoms with Crippen molar-refractivity contribution in [1.82, 2.24) is 10.3 Å². The summed E-state index contributed by atoms with van der Waals surface area (Å²) in [5.41, 5.74) is 1.19. The van der Waals surface area contributed by atoms with Gasteiger partial charge in [0.1, 0.15) is 0 Å². The third-order valence-electron chi connectivity index (χ3n) is 2.36. The number of pyridine rings is 1. The number of unbranched alkanes of at least 4 members (excludes halogenated alkanes) is 1. The second-order valence-electron chi connectivity index (χ2n) is 3.96. The van der Waals surface area contributed by atoms with Crippen LogP contribution in [0.15, 0.2) is 31.0 Å². The van der Waals surface area contributed by atoms with Crippen LogP contribution in [-0.4, -0.2) is 18.1 Å². The second-order valence-corrected chi connectivity index (χ2v) is 3.96. The van der Waals surface area contributed by atoms with Crippen LogP contribution in [0, 0.1) is 0 Å². The van der Waals surface area contributed by atoms with Gasteiger partial charge in [-0.1, -0.05) is 19.1 Å². The molecule has 0 aromatic carbocycles. The summed E-state index contributed by atoms with van der Waals surface area (Å²) in [6.07, 6.45) is 6.90. The first-order chi connectivity index (χ1) is 8.36. The zero-order valence-electron chi connectivity index (χ0n) is 10.6. The third kappa shape index (κ3) is 6.07.